The lowest BCUT2D eigenvalue weighted by molar-refractivity contribution is 0.134. The first-order valence-corrected chi connectivity index (χ1v) is 9.28. The van der Waals surface area contributed by atoms with Gasteiger partial charge < -0.3 is 14.8 Å². The van der Waals surface area contributed by atoms with Crippen molar-refractivity contribution in [2.24, 2.45) is 10.9 Å². The van der Waals surface area contributed by atoms with Crippen molar-refractivity contribution in [1.82, 2.24) is 5.32 Å². The van der Waals surface area contributed by atoms with Crippen LogP contribution in [-0.4, -0.2) is 24.6 Å². The van der Waals surface area contributed by atoms with Crippen LogP contribution >= 0.6 is 0 Å². The molecule has 2 aromatic carbocycles. The highest BCUT2D eigenvalue weighted by Crippen LogP contribution is 2.10. The Bertz CT molecular complexity index is 715. The molecule has 0 fully saturated rings. The van der Waals surface area contributed by atoms with Gasteiger partial charge >= 0.3 is 6.09 Å². The van der Waals surface area contributed by atoms with Crippen LogP contribution in [0.25, 0.3) is 0 Å². The van der Waals surface area contributed by atoms with Gasteiger partial charge in [-0.1, -0.05) is 74.5 Å². The first-order chi connectivity index (χ1) is 13.1. The monoisotopic (exact) mass is 368 g/mol. The molecule has 27 heavy (non-hydrogen) atoms. The lowest BCUT2D eigenvalue weighted by Gasteiger charge is -2.23. The molecule has 5 heteroatoms. The number of amides is 1. The second kappa shape index (κ2) is 11.0. The number of nitrogens with zero attached hydrogens (tertiary/aromatic N) is 1. The number of benzene rings is 2. The first kappa shape index (κ1) is 20.5. The van der Waals surface area contributed by atoms with Crippen molar-refractivity contribution in [1.29, 1.82) is 0 Å². The average Bonchev–Trinajstić information content (AvgIpc) is 2.69. The summed E-state index contributed by atoms with van der Waals surface area (Å²) in [5.74, 6) is 0.628. The number of rotatable bonds is 8. The quantitative estimate of drug-likeness (QED) is 0.548. The normalized spacial score (nSPS) is 12.5. The number of carbonyl (C=O) groups excluding carboxylic acids is 1. The molecule has 0 aliphatic rings. The molecule has 0 saturated carbocycles. The van der Waals surface area contributed by atoms with Crippen molar-refractivity contribution >= 4 is 12.0 Å². The average molecular weight is 368 g/mol. The number of hydrogen-bond donors (Lipinski definition) is 1. The molecule has 144 valence electrons. The van der Waals surface area contributed by atoms with Crippen molar-refractivity contribution in [2.45, 2.75) is 40.0 Å². The summed E-state index contributed by atoms with van der Waals surface area (Å²) < 4.78 is 11.1. The van der Waals surface area contributed by atoms with Crippen LogP contribution in [0.1, 0.15) is 31.9 Å². The number of carbonyl (C=O) groups is 1. The van der Waals surface area contributed by atoms with E-state index in [1.807, 2.05) is 81.4 Å². The Labute approximate surface area is 161 Å². The van der Waals surface area contributed by atoms with Crippen LogP contribution in [0.5, 0.6) is 0 Å². The minimum Gasteiger partial charge on any atom is -0.480 e. The Balaban J connectivity index is 2.01. The minimum atomic E-state index is -0.482. The fraction of sp³-hybridized carbons (Fsp3) is 0.364. The van der Waals surface area contributed by atoms with Gasteiger partial charge in [0.2, 0.25) is 5.90 Å². The van der Waals surface area contributed by atoms with Crippen LogP contribution in [-0.2, 0) is 22.6 Å². The van der Waals surface area contributed by atoms with Gasteiger partial charge in [-0.25, -0.2) is 9.79 Å². The number of ether oxygens (including phenoxy) is 2. The van der Waals surface area contributed by atoms with E-state index in [1.165, 1.54) is 0 Å². The second-order valence-corrected chi connectivity index (χ2v) is 6.50. The highest BCUT2D eigenvalue weighted by molar-refractivity contribution is 5.86. The molecule has 0 heterocycles. The Hall–Kier alpha value is -2.82. The maximum Gasteiger partial charge on any atom is 0.408 e. The van der Waals surface area contributed by atoms with E-state index in [4.69, 9.17) is 9.47 Å². The lowest BCUT2D eigenvalue weighted by Crippen LogP contribution is -2.45. The SMILES string of the molecule is CCOC(=NCc1ccccc1)C(NC(=O)OCc1ccccc1)C(C)C. The molecule has 5 nitrogen and oxygen atoms in total. The minimum absolute atomic E-state index is 0.107. The maximum atomic E-state index is 12.3. The molecule has 0 aliphatic heterocycles. The van der Waals surface area contributed by atoms with Crippen molar-refractivity contribution in [3.05, 3.63) is 71.8 Å². The lowest BCUT2D eigenvalue weighted by atomic mass is 10.0. The fourth-order valence-corrected chi connectivity index (χ4v) is 2.54. The molecule has 1 amide bonds. The Kier molecular flexibility index (Phi) is 8.36. The van der Waals surface area contributed by atoms with Gasteiger partial charge in [0, 0.05) is 0 Å². The molecule has 0 aromatic heterocycles. The largest absolute Gasteiger partial charge is 0.480 e. The molecular formula is C22H28N2O3. The third kappa shape index (κ3) is 7.13. The topological polar surface area (TPSA) is 59.9 Å². The molecular weight excluding hydrogens is 340 g/mol. The zero-order chi connectivity index (χ0) is 19.5. The number of nitrogens with one attached hydrogen (secondary N) is 1. The number of hydrogen-bond acceptors (Lipinski definition) is 4. The molecule has 1 atom stereocenters. The zero-order valence-electron chi connectivity index (χ0n) is 16.2. The number of alkyl carbamates (subject to hydrolysis) is 1. The third-order valence-electron chi connectivity index (χ3n) is 3.97. The Morgan fingerprint density at radius 3 is 2.11 bits per heavy atom. The van der Waals surface area contributed by atoms with Gasteiger partial charge in [0.25, 0.3) is 0 Å². The van der Waals surface area contributed by atoms with Crippen LogP contribution in [0.15, 0.2) is 65.7 Å². The van der Waals surface area contributed by atoms with E-state index in [0.717, 1.165) is 11.1 Å². The van der Waals surface area contributed by atoms with Gasteiger partial charge in [0.1, 0.15) is 12.6 Å². The molecule has 0 bridgehead atoms. The van der Waals surface area contributed by atoms with Crippen molar-refractivity contribution in [3.8, 4) is 0 Å². The summed E-state index contributed by atoms with van der Waals surface area (Å²) in [6, 6.07) is 19.2. The van der Waals surface area contributed by atoms with Gasteiger partial charge in [-0.05, 0) is 24.0 Å². The molecule has 2 rings (SSSR count). The van der Waals surface area contributed by atoms with E-state index >= 15 is 0 Å². The predicted octanol–water partition coefficient (Wildman–Crippen LogP) is 4.57. The summed E-state index contributed by atoms with van der Waals surface area (Å²) in [5, 5.41) is 2.89. The highest BCUT2D eigenvalue weighted by Gasteiger charge is 2.24. The molecule has 0 spiro atoms. The van der Waals surface area contributed by atoms with E-state index in [0.29, 0.717) is 19.0 Å². The van der Waals surface area contributed by atoms with Crippen molar-refractivity contribution in [3.63, 3.8) is 0 Å². The van der Waals surface area contributed by atoms with Crippen molar-refractivity contribution in [2.75, 3.05) is 6.61 Å². The zero-order valence-corrected chi connectivity index (χ0v) is 16.2. The fourth-order valence-electron chi connectivity index (χ4n) is 2.54. The molecule has 2 aromatic rings. The molecule has 0 saturated heterocycles. The first-order valence-electron chi connectivity index (χ1n) is 9.28. The maximum absolute atomic E-state index is 12.3. The summed E-state index contributed by atoms with van der Waals surface area (Å²) in [4.78, 5) is 16.9. The summed E-state index contributed by atoms with van der Waals surface area (Å²) in [6.07, 6.45) is -0.482. The smallest absolute Gasteiger partial charge is 0.408 e. The van der Waals surface area contributed by atoms with Crippen LogP contribution in [0.4, 0.5) is 4.79 Å². The van der Waals surface area contributed by atoms with E-state index in [9.17, 15) is 4.79 Å². The van der Waals surface area contributed by atoms with Gasteiger partial charge in [0.05, 0.1) is 13.2 Å². The summed E-state index contributed by atoms with van der Waals surface area (Å²) in [7, 11) is 0. The summed E-state index contributed by atoms with van der Waals surface area (Å²) >= 11 is 0. The highest BCUT2D eigenvalue weighted by atomic mass is 16.5. The molecule has 0 radical (unpaired) electrons. The van der Waals surface area contributed by atoms with Crippen LogP contribution in [0.3, 0.4) is 0 Å². The van der Waals surface area contributed by atoms with E-state index in [-0.39, 0.29) is 18.6 Å². The predicted molar refractivity (Wildman–Crippen MR) is 108 cm³/mol. The van der Waals surface area contributed by atoms with E-state index in [1.54, 1.807) is 0 Å². The van der Waals surface area contributed by atoms with Gasteiger partial charge in [0.15, 0.2) is 0 Å². The van der Waals surface area contributed by atoms with Gasteiger partial charge in [-0.2, -0.15) is 0 Å². The molecule has 1 N–H and O–H groups in total. The van der Waals surface area contributed by atoms with Gasteiger partial charge in [-0.15, -0.1) is 0 Å². The van der Waals surface area contributed by atoms with E-state index < -0.39 is 6.09 Å². The Morgan fingerprint density at radius 2 is 1.56 bits per heavy atom. The van der Waals surface area contributed by atoms with Crippen LogP contribution < -0.4 is 5.32 Å². The van der Waals surface area contributed by atoms with Crippen LogP contribution in [0, 0.1) is 5.92 Å². The standard InChI is InChI=1S/C22H28N2O3/c1-4-26-21(23-15-18-11-7-5-8-12-18)20(17(2)3)24-22(25)27-16-19-13-9-6-10-14-19/h5-14,17,20H,4,15-16H2,1-3H3,(H,24,25). The molecule has 1 unspecified atom stereocenters. The number of aliphatic imine (C=N–C) groups is 1. The molecule has 0 aliphatic carbocycles. The van der Waals surface area contributed by atoms with Crippen molar-refractivity contribution < 1.29 is 14.3 Å². The van der Waals surface area contributed by atoms with E-state index in [2.05, 4.69) is 10.3 Å². The summed E-state index contributed by atoms with van der Waals surface area (Å²) in [6.45, 7) is 7.14. The van der Waals surface area contributed by atoms with Gasteiger partial charge in [-0.3, -0.25) is 0 Å². The Morgan fingerprint density at radius 1 is 0.963 bits per heavy atom. The third-order valence-corrected chi connectivity index (χ3v) is 3.97. The summed E-state index contributed by atoms with van der Waals surface area (Å²) in [5.41, 5.74) is 2.03. The second-order valence-electron chi connectivity index (χ2n) is 6.50. The van der Waals surface area contributed by atoms with Crippen LogP contribution in [0.2, 0.25) is 0 Å².